The van der Waals surface area contributed by atoms with Gasteiger partial charge in [-0.15, -0.1) is 0 Å². The van der Waals surface area contributed by atoms with Crippen molar-refractivity contribution >= 4 is 17.4 Å². The lowest BCUT2D eigenvalue weighted by atomic mass is 10.3. The van der Waals surface area contributed by atoms with Gasteiger partial charge >= 0.3 is 0 Å². The number of pyridine rings is 1. The molecule has 0 atom stereocenters. The lowest BCUT2D eigenvalue weighted by Crippen LogP contribution is -2.26. The molecule has 0 radical (unpaired) electrons. The van der Waals surface area contributed by atoms with Gasteiger partial charge in [-0.2, -0.15) is 5.10 Å². The predicted molar refractivity (Wildman–Crippen MR) is 60.0 cm³/mol. The monoisotopic (exact) mass is 217 g/mol. The minimum atomic E-state index is -0.211. The maximum atomic E-state index is 11.9. The summed E-state index contributed by atoms with van der Waals surface area (Å²) in [5, 5.41) is 6.27. The van der Waals surface area contributed by atoms with Crippen molar-refractivity contribution in [1.29, 1.82) is 0 Å². The van der Waals surface area contributed by atoms with E-state index >= 15 is 0 Å². The number of H-pyrrole nitrogens is 1. The maximum absolute atomic E-state index is 11.9. The van der Waals surface area contributed by atoms with Gasteiger partial charge in [0.2, 0.25) is 0 Å². The average molecular weight is 217 g/mol. The number of hydrogen-bond acceptors (Lipinski definition) is 4. The maximum Gasteiger partial charge on any atom is 0.276 e. The molecule has 0 saturated heterocycles. The Balaban J connectivity index is 2.23. The van der Waals surface area contributed by atoms with Crippen LogP contribution in [0.5, 0.6) is 0 Å². The second-order valence-corrected chi connectivity index (χ2v) is 3.28. The van der Waals surface area contributed by atoms with Crippen molar-refractivity contribution in [3.63, 3.8) is 0 Å². The van der Waals surface area contributed by atoms with Crippen LogP contribution in [-0.2, 0) is 0 Å². The molecule has 0 aliphatic rings. The largest absolute Gasteiger partial charge is 0.382 e. The van der Waals surface area contributed by atoms with Crippen molar-refractivity contribution in [1.82, 2.24) is 15.2 Å². The first-order valence-electron chi connectivity index (χ1n) is 4.67. The zero-order valence-electron chi connectivity index (χ0n) is 8.71. The lowest BCUT2D eigenvalue weighted by molar-refractivity contribution is 0.0988. The molecule has 0 aliphatic heterocycles. The number of anilines is 2. The van der Waals surface area contributed by atoms with Gasteiger partial charge in [-0.1, -0.05) is 0 Å². The van der Waals surface area contributed by atoms with E-state index in [1.807, 2.05) is 0 Å². The quantitative estimate of drug-likeness (QED) is 0.773. The number of carbonyl (C=O) groups is 1. The molecule has 2 rings (SSSR count). The van der Waals surface area contributed by atoms with E-state index < -0.39 is 0 Å². The van der Waals surface area contributed by atoms with Crippen LogP contribution in [0, 0.1) is 0 Å². The Morgan fingerprint density at radius 1 is 1.56 bits per heavy atom. The third-order valence-corrected chi connectivity index (χ3v) is 2.17. The molecule has 2 heterocycles. The van der Waals surface area contributed by atoms with Crippen molar-refractivity contribution in [3.05, 3.63) is 36.3 Å². The Hall–Kier alpha value is -2.37. The number of aromatic nitrogens is 3. The summed E-state index contributed by atoms with van der Waals surface area (Å²) in [7, 11) is 1.66. The number of rotatable bonds is 2. The summed E-state index contributed by atoms with van der Waals surface area (Å²) in [6.45, 7) is 0. The van der Waals surface area contributed by atoms with E-state index in [9.17, 15) is 4.79 Å². The first-order chi connectivity index (χ1) is 7.68. The Labute approximate surface area is 92.1 Å². The van der Waals surface area contributed by atoms with E-state index in [0.717, 1.165) is 0 Å². The van der Waals surface area contributed by atoms with Gasteiger partial charge in [0.15, 0.2) is 0 Å². The minimum Gasteiger partial charge on any atom is -0.382 e. The first-order valence-corrected chi connectivity index (χ1v) is 4.67. The zero-order valence-corrected chi connectivity index (χ0v) is 8.71. The number of nitrogen functional groups attached to an aromatic ring is 1. The number of nitrogens with zero attached hydrogens (tertiary/aromatic N) is 3. The lowest BCUT2D eigenvalue weighted by Gasteiger charge is -2.15. The number of amides is 1. The molecule has 0 aromatic carbocycles. The van der Waals surface area contributed by atoms with Gasteiger partial charge < -0.3 is 10.6 Å². The summed E-state index contributed by atoms with van der Waals surface area (Å²) in [4.78, 5) is 17.3. The summed E-state index contributed by atoms with van der Waals surface area (Å²) >= 11 is 0. The van der Waals surface area contributed by atoms with Crippen LogP contribution in [0.15, 0.2) is 30.6 Å². The molecule has 0 bridgehead atoms. The molecule has 6 nitrogen and oxygen atoms in total. The van der Waals surface area contributed by atoms with Crippen LogP contribution in [0.25, 0.3) is 0 Å². The van der Waals surface area contributed by atoms with Crippen LogP contribution in [0.4, 0.5) is 11.5 Å². The molecule has 0 fully saturated rings. The van der Waals surface area contributed by atoms with E-state index in [1.165, 1.54) is 11.0 Å². The van der Waals surface area contributed by atoms with Gasteiger partial charge in [0, 0.05) is 19.3 Å². The van der Waals surface area contributed by atoms with Crippen molar-refractivity contribution in [2.24, 2.45) is 0 Å². The predicted octanol–water partition coefficient (Wildman–Crippen LogP) is 0.663. The fraction of sp³-hybridized carbons (Fsp3) is 0.100. The molecule has 1 amide bonds. The number of aromatic amines is 1. The van der Waals surface area contributed by atoms with Crippen molar-refractivity contribution < 1.29 is 4.79 Å². The normalized spacial score (nSPS) is 10.1. The molecule has 0 saturated carbocycles. The van der Waals surface area contributed by atoms with Gasteiger partial charge in [-0.3, -0.25) is 14.9 Å². The number of carbonyl (C=O) groups excluding carboxylic acids is 1. The molecule has 2 aromatic rings. The van der Waals surface area contributed by atoms with Gasteiger partial charge in [0.1, 0.15) is 11.5 Å². The molecule has 82 valence electrons. The van der Waals surface area contributed by atoms with E-state index in [2.05, 4.69) is 15.2 Å². The second kappa shape index (κ2) is 4.01. The van der Waals surface area contributed by atoms with E-state index in [4.69, 9.17) is 5.73 Å². The fourth-order valence-electron chi connectivity index (χ4n) is 1.30. The molecule has 2 aromatic heterocycles. The number of hydrogen-bond donors (Lipinski definition) is 2. The van der Waals surface area contributed by atoms with Gasteiger partial charge in [-0.25, -0.2) is 0 Å². The van der Waals surface area contributed by atoms with E-state index in [0.29, 0.717) is 17.2 Å². The van der Waals surface area contributed by atoms with Crippen molar-refractivity contribution in [3.8, 4) is 0 Å². The highest BCUT2D eigenvalue weighted by molar-refractivity contribution is 6.04. The highest BCUT2D eigenvalue weighted by atomic mass is 16.2. The molecule has 0 unspecified atom stereocenters. The summed E-state index contributed by atoms with van der Waals surface area (Å²) in [5.74, 6) is 0.0835. The van der Waals surface area contributed by atoms with E-state index in [-0.39, 0.29) is 5.91 Å². The number of nitrogens with two attached hydrogens (primary N) is 1. The van der Waals surface area contributed by atoms with Gasteiger partial charge in [0.25, 0.3) is 5.91 Å². The molecule has 0 aliphatic carbocycles. The third-order valence-electron chi connectivity index (χ3n) is 2.17. The van der Waals surface area contributed by atoms with Crippen LogP contribution in [0.2, 0.25) is 0 Å². The molecular weight excluding hydrogens is 206 g/mol. The topological polar surface area (TPSA) is 87.9 Å². The number of nitrogens with one attached hydrogen (secondary N) is 1. The van der Waals surface area contributed by atoms with Crippen LogP contribution in [0.3, 0.4) is 0 Å². The average Bonchev–Trinajstić information content (AvgIpc) is 2.75. The molecule has 3 N–H and O–H groups in total. The van der Waals surface area contributed by atoms with Crippen LogP contribution >= 0.6 is 0 Å². The SMILES string of the molecule is CN(C(=O)c1cc(N)n[nH]1)c1cccnc1. The fourth-order valence-corrected chi connectivity index (χ4v) is 1.30. The van der Waals surface area contributed by atoms with Crippen molar-refractivity contribution in [2.45, 2.75) is 0 Å². The highest BCUT2D eigenvalue weighted by Gasteiger charge is 2.15. The molecule has 16 heavy (non-hydrogen) atoms. The second-order valence-electron chi connectivity index (χ2n) is 3.28. The van der Waals surface area contributed by atoms with Gasteiger partial charge in [-0.05, 0) is 12.1 Å². The smallest absolute Gasteiger partial charge is 0.276 e. The van der Waals surface area contributed by atoms with Gasteiger partial charge in [0.05, 0.1) is 11.9 Å². The molecule has 6 heteroatoms. The Kier molecular flexibility index (Phi) is 2.55. The molecule has 0 spiro atoms. The summed E-state index contributed by atoms with van der Waals surface area (Å²) < 4.78 is 0. The zero-order chi connectivity index (χ0) is 11.5. The van der Waals surface area contributed by atoms with Crippen LogP contribution in [0.1, 0.15) is 10.5 Å². The first kappa shape index (κ1) is 10.2. The summed E-state index contributed by atoms with van der Waals surface area (Å²) in [6, 6.07) is 5.06. The molecular formula is C10H11N5O. The highest BCUT2D eigenvalue weighted by Crippen LogP contribution is 2.13. The Morgan fingerprint density at radius 3 is 2.94 bits per heavy atom. The standard InChI is InChI=1S/C10H11N5O/c1-15(7-3-2-4-12-6-7)10(16)8-5-9(11)14-13-8/h2-6H,1H3,(H3,11,13,14). The third kappa shape index (κ3) is 1.85. The minimum absolute atomic E-state index is 0.211. The van der Waals surface area contributed by atoms with Crippen molar-refractivity contribution in [2.75, 3.05) is 17.7 Å². The van der Waals surface area contributed by atoms with E-state index in [1.54, 1.807) is 31.6 Å². The summed E-state index contributed by atoms with van der Waals surface area (Å²) in [5.41, 5.74) is 6.49. The van der Waals surface area contributed by atoms with Crippen LogP contribution in [-0.4, -0.2) is 28.1 Å². The Morgan fingerprint density at radius 2 is 2.38 bits per heavy atom. The summed E-state index contributed by atoms with van der Waals surface area (Å²) in [6.07, 6.45) is 3.26. The Bertz CT molecular complexity index is 493. The van der Waals surface area contributed by atoms with Crippen LogP contribution < -0.4 is 10.6 Å².